The van der Waals surface area contributed by atoms with Crippen molar-refractivity contribution >= 4 is 5.97 Å². The Balaban J connectivity index is 1.68. The minimum absolute atomic E-state index is 0.000972. The second kappa shape index (κ2) is 4.61. The molecule has 3 aliphatic rings. The second-order valence-corrected chi connectivity index (χ2v) is 5.62. The maximum absolute atomic E-state index is 11.0. The number of ether oxygens (including phenoxy) is 4. The first-order chi connectivity index (χ1) is 10.2. The zero-order chi connectivity index (χ0) is 14.6. The SMILES string of the molecule is CC(=O)OCC1C(CO)[C@H]2O[C@@H]1c1cc3c(cc12)OCO3. The van der Waals surface area contributed by atoms with Gasteiger partial charge in [0.15, 0.2) is 11.5 Å². The quantitative estimate of drug-likeness (QED) is 0.847. The number of esters is 1. The third-order valence-corrected chi connectivity index (χ3v) is 4.50. The molecule has 0 radical (unpaired) electrons. The van der Waals surface area contributed by atoms with E-state index in [0.29, 0.717) is 0 Å². The Morgan fingerprint density at radius 3 is 2.43 bits per heavy atom. The minimum Gasteiger partial charge on any atom is -0.465 e. The fourth-order valence-electron chi connectivity index (χ4n) is 3.54. The zero-order valence-corrected chi connectivity index (χ0v) is 11.6. The molecule has 6 heteroatoms. The van der Waals surface area contributed by atoms with E-state index < -0.39 is 0 Å². The number of aliphatic hydroxyl groups is 1. The van der Waals surface area contributed by atoms with E-state index in [1.54, 1.807) is 0 Å². The lowest BCUT2D eigenvalue weighted by atomic mass is 9.76. The predicted molar refractivity (Wildman–Crippen MR) is 69.8 cm³/mol. The Hall–Kier alpha value is -1.79. The van der Waals surface area contributed by atoms with Crippen LogP contribution < -0.4 is 9.47 Å². The van der Waals surface area contributed by atoms with E-state index in [0.717, 1.165) is 22.6 Å². The average Bonchev–Trinajstić information content (AvgIpc) is 3.14. The van der Waals surface area contributed by atoms with Crippen LogP contribution >= 0.6 is 0 Å². The standard InChI is InChI=1S/C15H16O6/c1-7(17)18-5-11-10(4-16)14-8-2-12-13(20-6-19-12)3-9(8)15(11)21-14/h2-3,10-11,14-16H,4-6H2,1H3/t10?,11?,14-,15+/m0/s1. The van der Waals surface area contributed by atoms with E-state index in [2.05, 4.69) is 0 Å². The van der Waals surface area contributed by atoms with Crippen molar-refractivity contribution in [2.75, 3.05) is 20.0 Å². The fourth-order valence-corrected chi connectivity index (χ4v) is 3.54. The number of hydrogen-bond acceptors (Lipinski definition) is 6. The Bertz CT molecular complexity index is 598. The van der Waals surface area contributed by atoms with Crippen molar-refractivity contribution in [1.82, 2.24) is 0 Å². The maximum atomic E-state index is 11.0. The highest BCUT2D eigenvalue weighted by Crippen LogP contribution is 2.59. The normalized spacial score (nSPS) is 31.3. The molecule has 0 aromatic heterocycles. The molecular weight excluding hydrogens is 276 g/mol. The van der Waals surface area contributed by atoms with Crippen LogP contribution in [0.1, 0.15) is 30.3 Å². The fraction of sp³-hybridized carbons (Fsp3) is 0.533. The van der Waals surface area contributed by atoms with E-state index >= 15 is 0 Å². The maximum Gasteiger partial charge on any atom is 0.302 e. The van der Waals surface area contributed by atoms with Crippen LogP contribution in [0.3, 0.4) is 0 Å². The van der Waals surface area contributed by atoms with Crippen molar-refractivity contribution in [2.24, 2.45) is 11.8 Å². The van der Waals surface area contributed by atoms with Gasteiger partial charge in [0.1, 0.15) is 0 Å². The summed E-state index contributed by atoms with van der Waals surface area (Å²) in [5, 5.41) is 9.67. The largest absolute Gasteiger partial charge is 0.465 e. The topological polar surface area (TPSA) is 74.2 Å². The van der Waals surface area contributed by atoms with Crippen LogP contribution in [0, 0.1) is 11.8 Å². The number of rotatable bonds is 3. The Morgan fingerprint density at radius 1 is 1.24 bits per heavy atom. The Labute approximate surface area is 121 Å². The van der Waals surface area contributed by atoms with Crippen molar-refractivity contribution < 1.29 is 28.8 Å². The first-order valence-corrected chi connectivity index (χ1v) is 7.02. The lowest BCUT2D eigenvalue weighted by Gasteiger charge is -2.27. The number of aliphatic hydroxyl groups excluding tert-OH is 1. The Morgan fingerprint density at radius 2 is 1.86 bits per heavy atom. The van der Waals surface area contributed by atoms with E-state index in [9.17, 15) is 9.90 Å². The van der Waals surface area contributed by atoms with Crippen LogP contribution in [0.4, 0.5) is 0 Å². The molecule has 21 heavy (non-hydrogen) atoms. The monoisotopic (exact) mass is 292 g/mol. The van der Waals surface area contributed by atoms with Gasteiger partial charge in [-0.15, -0.1) is 0 Å². The highest BCUT2D eigenvalue weighted by Gasteiger charge is 2.53. The third kappa shape index (κ3) is 1.82. The van der Waals surface area contributed by atoms with Gasteiger partial charge in [0.05, 0.1) is 18.8 Å². The van der Waals surface area contributed by atoms with Gasteiger partial charge in [-0.1, -0.05) is 0 Å². The van der Waals surface area contributed by atoms with Crippen LogP contribution in [0.5, 0.6) is 11.5 Å². The average molecular weight is 292 g/mol. The molecule has 3 heterocycles. The van der Waals surface area contributed by atoms with Crippen molar-refractivity contribution in [2.45, 2.75) is 19.1 Å². The minimum atomic E-state index is -0.319. The van der Waals surface area contributed by atoms with Gasteiger partial charge in [-0.2, -0.15) is 0 Å². The van der Waals surface area contributed by atoms with Crippen LogP contribution in [-0.4, -0.2) is 31.1 Å². The lowest BCUT2D eigenvalue weighted by molar-refractivity contribution is -0.143. The number of carbonyl (C=O) groups excluding carboxylic acids is 1. The van der Waals surface area contributed by atoms with Crippen LogP contribution in [-0.2, 0) is 14.3 Å². The highest BCUT2D eigenvalue weighted by atomic mass is 16.7. The van der Waals surface area contributed by atoms with Crippen molar-refractivity contribution in [3.05, 3.63) is 23.3 Å². The molecule has 0 spiro atoms. The van der Waals surface area contributed by atoms with E-state index in [4.69, 9.17) is 18.9 Å². The molecule has 1 N–H and O–H groups in total. The molecule has 4 rings (SSSR count). The summed E-state index contributed by atoms with van der Waals surface area (Å²) < 4.78 is 21.9. The van der Waals surface area contributed by atoms with E-state index in [-0.39, 0.29) is 50.0 Å². The van der Waals surface area contributed by atoms with Crippen molar-refractivity contribution in [3.8, 4) is 11.5 Å². The summed E-state index contributed by atoms with van der Waals surface area (Å²) in [5.74, 6) is 1.02. The van der Waals surface area contributed by atoms with Crippen molar-refractivity contribution in [1.29, 1.82) is 0 Å². The second-order valence-electron chi connectivity index (χ2n) is 5.62. The van der Waals surface area contributed by atoms with Gasteiger partial charge in [-0.3, -0.25) is 4.79 Å². The molecule has 6 nitrogen and oxygen atoms in total. The summed E-state index contributed by atoms with van der Waals surface area (Å²) in [4.78, 5) is 11.0. The van der Waals surface area contributed by atoms with Gasteiger partial charge in [0.2, 0.25) is 6.79 Å². The van der Waals surface area contributed by atoms with Gasteiger partial charge in [-0.25, -0.2) is 0 Å². The molecule has 1 aromatic rings. The molecule has 3 aliphatic heterocycles. The molecule has 2 bridgehead atoms. The number of carbonyl (C=O) groups is 1. The van der Waals surface area contributed by atoms with E-state index in [1.165, 1.54) is 6.92 Å². The molecule has 1 aromatic carbocycles. The first kappa shape index (κ1) is 12.9. The predicted octanol–water partition coefficient (Wildman–Crippen LogP) is 1.33. The van der Waals surface area contributed by atoms with Crippen molar-refractivity contribution in [3.63, 3.8) is 0 Å². The van der Waals surface area contributed by atoms with Crippen LogP contribution in [0.2, 0.25) is 0 Å². The highest BCUT2D eigenvalue weighted by molar-refractivity contribution is 5.66. The molecule has 1 fully saturated rings. The summed E-state index contributed by atoms with van der Waals surface area (Å²) in [5.41, 5.74) is 2.09. The molecule has 0 amide bonds. The smallest absolute Gasteiger partial charge is 0.302 e. The molecule has 2 unspecified atom stereocenters. The number of benzene rings is 1. The summed E-state index contributed by atoms with van der Waals surface area (Å²) >= 11 is 0. The molecule has 4 atom stereocenters. The van der Waals surface area contributed by atoms with Gasteiger partial charge in [0.25, 0.3) is 0 Å². The summed E-state index contributed by atoms with van der Waals surface area (Å²) in [7, 11) is 0. The van der Waals surface area contributed by atoms with Gasteiger partial charge < -0.3 is 24.1 Å². The van der Waals surface area contributed by atoms with Gasteiger partial charge in [-0.05, 0) is 23.3 Å². The summed E-state index contributed by atoms with van der Waals surface area (Å²) in [6.45, 7) is 1.87. The van der Waals surface area contributed by atoms with Crippen LogP contribution in [0.25, 0.3) is 0 Å². The first-order valence-electron chi connectivity index (χ1n) is 7.02. The summed E-state index contributed by atoms with van der Waals surface area (Å²) in [6, 6.07) is 3.88. The molecule has 0 aliphatic carbocycles. The zero-order valence-electron chi connectivity index (χ0n) is 11.6. The lowest BCUT2D eigenvalue weighted by Crippen LogP contribution is -2.29. The molecule has 1 saturated heterocycles. The number of fused-ring (bicyclic) bond motifs is 6. The molecule has 112 valence electrons. The number of hydrogen-bond donors (Lipinski definition) is 1. The third-order valence-electron chi connectivity index (χ3n) is 4.50. The van der Waals surface area contributed by atoms with Gasteiger partial charge in [0, 0.05) is 25.4 Å². The Kier molecular flexibility index (Phi) is 2.83. The van der Waals surface area contributed by atoms with E-state index in [1.807, 2.05) is 12.1 Å². The summed E-state index contributed by atoms with van der Waals surface area (Å²) in [6.07, 6.45) is -0.346. The van der Waals surface area contributed by atoms with Gasteiger partial charge >= 0.3 is 5.97 Å². The molecular formula is C15H16O6. The molecule has 0 saturated carbocycles. The van der Waals surface area contributed by atoms with Crippen LogP contribution in [0.15, 0.2) is 12.1 Å².